The zero-order valence-electron chi connectivity index (χ0n) is 12.1. The van der Waals surface area contributed by atoms with Crippen LogP contribution in [-0.4, -0.2) is 35.6 Å². The van der Waals surface area contributed by atoms with E-state index in [1.54, 1.807) is 30.3 Å². The third-order valence-electron chi connectivity index (χ3n) is 3.96. The molecule has 3 aromatic rings. The largest absolute Gasteiger partial charge is 0.508 e. The highest BCUT2D eigenvalue weighted by molar-refractivity contribution is 6.04. The molecule has 1 fully saturated rings. The fourth-order valence-corrected chi connectivity index (χ4v) is 2.78. The molecule has 1 aromatic heterocycles. The van der Waals surface area contributed by atoms with Crippen LogP contribution in [0.1, 0.15) is 0 Å². The van der Waals surface area contributed by atoms with E-state index >= 15 is 0 Å². The number of hydrogen-bond acceptors (Lipinski definition) is 6. The molecule has 0 radical (unpaired) electrons. The van der Waals surface area contributed by atoms with Crippen LogP contribution in [0.25, 0.3) is 21.7 Å². The minimum Gasteiger partial charge on any atom is -0.508 e. The van der Waals surface area contributed by atoms with Gasteiger partial charge in [-0.2, -0.15) is 0 Å². The van der Waals surface area contributed by atoms with Gasteiger partial charge in [-0.05, 0) is 30.3 Å². The van der Waals surface area contributed by atoms with Crippen LogP contribution in [-0.2, 0) is 4.74 Å². The maximum Gasteiger partial charge on any atom is 0.344 e. The molecule has 0 amide bonds. The number of benzene rings is 2. The molecule has 2 unspecified atom stereocenters. The van der Waals surface area contributed by atoms with E-state index in [-0.39, 0.29) is 12.4 Å². The summed E-state index contributed by atoms with van der Waals surface area (Å²) in [5.74, 6) is 0.507. The van der Waals surface area contributed by atoms with Gasteiger partial charge in [0.2, 0.25) is 0 Å². The first kappa shape index (κ1) is 14.0. The summed E-state index contributed by atoms with van der Waals surface area (Å²) in [6.45, 7) is 0.555. The van der Waals surface area contributed by atoms with Gasteiger partial charge in [0.05, 0.1) is 18.6 Å². The van der Waals surface area contributed by atoms with E-state index < -0.39 is 17.8 Å². The van der Waals surface area contributed by atoms with Crippen LogP contribution in [0.3, 0.4) is 0 Å². The molecule has 1 saturated heterocycles. The predicted molar refractivity (Wildman–Crippen MR) is 82.9 cm³/mol. The summed E-state index contributed by atoms with van der Waals surface area (Å²) in [5.41, 5.74) is -0.178. The first-order valence-corrected chi connectivity index (χ1v) is 7.24. The van der Waals surface area contributed by atoms with Crippen molar-refractivity contribution in [3.8, 4) is 11.5 Å². The standard InChI is InChI=1S/C17H14O6/c18-9-1-3-12-11-4-2-10(22-16-8-21-7-14(16)19)6-13(11)17(20)23-15(12)5-9/h1-6,14,16,18-19H,7-8H2. The van der Waals surface area contributed by atoms with Gasteiger partial charge in [-0.25, -0.2) is 4.79 Å². The molecule has 2 aromatic carbocycles. The number of aliphatic hydroxyl groups is 1. The van der Waals surface area contributed by atoms with Gasteiger partial charge in [0, 0.05) is 16.8 Å². The van der Waals surface area contributed by atoms with Gasteiger partial charge in [0.1, 0.15) is 29.3 Å². The second-order valence-electron chi connectivity index (χ2n) is 5.54. The van der Waals surface area contributed by atoms with Crippen molar-refractivity contribution >= 4 is 21.7 Å². The minimum atomic E-state index is -0.679. The zero-order chi connectivity index (χ0) is 16.0. The van der Waals surface area contributed by atoms with Crippen LogP contribution in [0.4, 0.5) is 0 Å². The van der Waals surface area contributed by atoms with E-state index in [2.05, 4.69) is 0 Å². The van der Waals surface area contributed by atoms with Crippen molar-refractivity contribution in [1.82, 2.24) is 0 Å². The Morgan fingerprint density at radius 2 is 1.87 bits per heavy atom. The summed E-state index contributed by atoms with van der Waals surface area (Å²) in [6, 6.07) is 9.75. The molecule has 118 valence electrons. The smallest absolute Gasteiger partial charge is 0.344 e. The predicted octanol–water partition coefficient (Wildman–Crippen LogP) is 1.79. The van der Waals surface area contributed by atoms with Gasteiger partial charge in [-0.15, -0.1) is 0 Å². The van der Waals surface area contributed by atoms with Crippen molar-refractivity contribution in [2.75, 3.05) is 13.2 Å². The molecule has 2 atom stereocenters. The third-order valence-corrected chi connectivity index (χ3v) is 3.96. The monoisotopic (exact) mass is 314 g/mol. The number of aliphatic hydroxyl groups excluding tert-OH is 1. The molecule has 0 aliphatic carbocycles. The Bertz CT molecular complexity index is 945. The van der Waals surface area contributed by atoms with Crippen LogP contribution >= 0.6 is 0 Å². The van der Waals surface area contributed by atoms with Crippen molar-refractivity contribution in [1.29, 1.82) is 0 Å². The van der Waals surface area contributed by atoms with E-state index in [0.717, 1.165) is 5.39 Å². The number of aromatic hydroxyl groups is 1. The van der Waals surface area contributed by atoms with Gasteiger partial charge in [0.25, 0.3) is 0 Å². The third kappa shape index (κ3) is 2.42. The molecule has 2 N–H and O–H groups in total. The molecule has 1 aliphatic rings. The Morgan fingerprint density at radius 3 is 2.65 bits per heavy atom. The molecule has 6 nitrogen and oxygen atoms in total. The first-order chi connectivity index (χ1) is 11.1. The second-order valence-corrected chi connectivity index (χ2v) is 5.54. The minimum absolute atomic E-state index is 0.0372. The normalized spacial score (nSPS) is 21.1. The summed E-state index contributed by atoms with van der Waals surface area (Å²) >= 11 is 0. The lowest BCUT2D eigenvalue weighted by Gasteiger charge is -2.15. The SMILES string of the molecule is O=c1oc2cc(O)ccc2c2ccc(OC3COCC3O)cc12. The lowest BCUT2D eigenvalue weighted by molar-refractivity contribution is 0.0734. The molecule has 0 saturated carbocycles. The Morgan fingerprint density at radius 1 is 1.04 bits per heavy atom. The second kappa shape index (κ2) is 5.26. The number of ether oxygens (including phenoxy) is 2. The van der Waals surface area contributed by atoms with Gasteiger partial charge in [-0.1, -0.05) is 0 Å². The number of hydrogen-bond donors (Lipinski definition) is 2. The highest BCUT2D eigenvalue weighted by atomic mass is 16.6. The molecule has 2 heterocycles. The lowest BCUT2D eigenvalue weighted by Crippen LogP contribution is -2.29. The van der Waals surface area contributed by atoms with Gasteiger partial charge in [0.15, 0.2) is 0 Å². The van der Waals surface area contributed by atoms with Crippen LogP contribution in [0.5, 0.6) is 11.5 Å². The van der Waals surface area contributed by atoms with Crippen molar-refractivity contribution < 1.29 is 24.1 Å². The molecule has 6 heteroatoms. The molecule has 4 rings (SSSR count). The van der Waals surface area contributed by atoms with Crippen LogP contribution in [0, 0.1) is 0 Å². The zero-order valence-corrected chi connectivity index (χ0v) is 12.1. The number of rotatable bonds is 2. The maximum atomic E-state index is 12.2. The molecular formula is C17H14O6. The molecule has 1 aliphatic heterocycles. The Balaban J connectivity index is 1.82. The maximum absolute atomic E-state index is 12.2. The first-order valence-electron chi connectivity index (χ1n) is 7.24. The fraction of sp³-hybridized carbons (Fsp3) is 0.235. The number of phenols is 1. The summed E-state index contributed by atoms with van der Waals surface area (Å²) < 4.78 is 16.1. The Labute approximate surface area is 130 Å². The van der Waals surface area contributed by atoms with E-state index in [4.69, 9.17) is 13.9 Å². The van der Waals surface area contributed by atoms with Gasteiger partial charge < -0.3 is 24.1 Å². The quantitative estimate of drug-likeness (QED) is 0.554. The summed E-state index contributed by atoms with van der Waals surface area (Å²) in [5, 5.41) is 21.1. The van der Waals surface area contributed by atoms with Crippen LogP contribution in [0.2, 0.25) is 0 Å². The molecule has 23 heavy (non-hydrogen) atoms. The van der Waals surface area contributed by atoms with Crippen molar-refractivity contribution in [3.05, 3.63) is 46.8 Å². The van der Waals surface area contributed by atoms with Gasteiger partial charge in [-0.3, -0.25) is 0 Å². The molecular weight excluding hydrogens is 300 g/mol. The number of fused-ring (bicyclic) bond motifs is 3. The van der Waals surface area contributed by atoms with E-state index in [1.165, 1.54) is 6.07 Å². The summed E-state index contributed by atoms with van der Waals surface area (Å²) in [6.07, 6.45) is -1.13. The van der Waals surface area contributed by atoms with E-state index in [1.807, 2.05) is 0 Å². The van der Waals surface area contributed by atoms with E-state index in [0.29, 0.717) is 28.7 Å². The average molecular weight is 314 g/mol. The van der Waals surface area contributed by atoms with Crippen LogP contribution in [0.15, 0.2) is 45.6 Å². The van der Waals surface area contributed by atoms with Crippen molar-refractivity contribution in [2.24, 2.45) is 0 Å². The Hall–Kier alpha value is -2.57. The molecule has 0 bridgehead atoms. The average Bonchev–Trinajstić information content (AvgIpc) is 2.92. The van der Waals surface area contributed by atoms with Crippen molar-refractivity contribution in [2.45, 2.75) is 12.2 Å². The topological polar surface area (TPSA) is 89.1 Å². The molecule has 0 spiro atoms. The van der Waals surface area contributed by atoms with Gasteiger partial charge >= 0.3 is 5.63 Å². The lowest BCUT2D eigenvalue weighted by atomic mass is 10.1. The number of phenolic OH excluding ortho intramolecular Hbond substituents is 1. The summed E-state index contributed by atoms with van der Waals surface area (Å²) in [7, 11) is 0. The highest BCUT2D eigenvalue weighted by Gasteiger charge is 2.28. The van der Waals surface area contributed by atoms with E-state index in [9.17, 15) is 15.0 Å². The Kier molecular flexibility index (Phi) is 3.21. The van der Waals surface area contributed by atoms with Crippen LogP contribution < -0.4 is 10.4 Å². The van der Waals surface area contributed by atoms with Crippen molar-refractivity contribution in [3.63, 3.8) is 0 Å². The summed E-state index contributed by atoms with van der Waals surface area (Å²) in [4.78, 5) is 12.2. The fourth-order valence-electron chi connectivity index (χ4n) is 2.78. The highest BCUT2D eigenvalue weighted by Crippen LogP contribution is 2.28.